The molecule has 0 saturated heterocycles. The fourth-order valence-corrected chi connectivity index (χ4v) is 1.71. The molecule has 8 heteroatoms. The van der Waals surface area contributed by atoms with Gasteiger partial charge < -0.3 is 10.6 Å². The van der Waals surface area contributed by atoms with Crippen molar-refractivity contribution in [3.63, 3.8) is 0 Å². The van der Waals surface area contributed by atoms with Crippen molar-refractivity contribution in [2.45, 2.75) is 0 Å². The van der Waals surface area contributed by atoms with Gasteiger partial charge in [-0.25, -0.2) is 9.97 Å². The monoisotopic (exact) mass is 398 g/mol. The number of carbonyl (C=O) groups is 2. The molecule has 2 aromatic rings. The summed E-state index contributed by atoms with van der Waals surface area (Å²) in [6.07, 6.45) is 3.04. The van der Waals surface area contributed by atoms with Crippen molar-refractivity contribution in [2.24, 2.45) is 0 Å². The summed E-state index contributed by atoms with van der Waals surface area (Å²) < 4.78 is 1.55. The van der Waals surface area contributed by atoms with E-state index in [-0.39, 0.29) is 11.6 Å². The number of halogens is 2. The van der Waals surface area contributed by atoms with Gasteiger partial charge in [0.25, 0.3) is 0 Å². The quantitative estimate of drug-likeness (QED) is 0.760. The van der Waals surface area contributed by atoms with E-state index in [1.807, 2.05) is 0 Å². The highest BCUT2D eigenvalue weighted by Crippen LogP contribution is 2.12. The molecule has 2 heterocycles. The molecule has 0 spiro atoms. The van der Waals surface area contributed by atoms with E-state index in [9.17, 15) is 9.59 Å². The molecule has 0 unspecified atom stereocenters. The molecule has 0 atom stereocenters. The molecular weight excluding hydrogens is 392 g/mol. The maximum Gasteiger partial charge on any atom is 0.315 e. The van der Waals surface area contributed by atoms with Crippen LogP contribution in [0, 0.1) is 0 Å². The predicted molar refractivity (Wildman–Crippen MR) is 81.1 cm³/mol. The van der Waals surface area contributed by atoms with Crippen molar-refractivity contribution in [3.05, 3.63) is 45.6 Å². The molecule has 2 N–H and O–H groups in total. The normalized spacial score (nSPS) is 9.90. The fourth-order valence-electron chi connectivity index (χ4n) is 1.25. The Morgan fingerprint density at radius 2 is 1.20 bits per heavy atom. The number of anilines is 2. The average molecular weight is 400 g/mol. The van der Waals surface area contributed by atoms with Gasteiger partial charge >= 0.3 is 11.8 Å². The van der Waals surface area contributed by atoms with Crippen molar-refractivity contribution in [2.75, 3.05) is 10.6 Å². The molecule has 6 nitrogen and oxygen atoms in total. The third-order valence-electron chi connectivity index (χ3n) is 2.14. The summed E-state index contributed by atoms with van der Waals surface area (Å²) in [5.74, 6) is -1.05. The Morgan fingerprint density at radius 3 is 1.50 bits per heavy atom. The van der Waals surface area contributed by atoms with Crippen LogP contribution >= 0.6 is 31.9 Å². The zero-order valence-corrected chi connectivity index (χ0v) is 13.1. The van der Waals surface area contributed by atoms with Crippen molar-refractivity contribution in [3.8, 4) is 0 Å². The highest BCUT2D eigenvalue weighted by atomic mass is 79.9. The molecule has 2 amide bonds. The highest BCUT2D eigenvalue weighted by molar-refractivity contribution is 9.10. The van der Waals surface area contributed by atoms with Gasteiger partial charge in [0.15, 0.2) is 0 Å². The molecule has 0 aromatic carbocycles. The van der Waals surface area contributed by atoms with Crippen LogP contribution in [-0.2, 0) is 9.59 Å². The highest BCUT2D eigenvalue weighted by Gasteiger charge is 2.14. The van der Waals surface area contributed by atoms with E-state index in [2.05, 4.69) is 52.5 Å². The van der Waals surface area contributed by atoms with Gasteiger partial charge in [0.05, 0.1) is 0 Å². The number of rotatable bonds is 2. The lowest BCUT2D eigenvalue weighted by atomic mass is 10.4. The number of hydrogen-bond donors (Lipinski definition) is 2. The van der Waals surface area contributed by atoms with E-state index in [1.165, 1.54) is 12.4 Å². The maximum absolute atomic E-state index is 11.7. The third kappa shape index (κ3) is 4.10. The molecule has 0 bridgehead atoms. The first-order valence-corrected chi connectivity index (χ1v) is 6.98. The summed E-state index contributed by atoms with van der Waals surface area (Å²) in [7, 11) is 0. The molecule has 0 aliphatic heterocycles. The molecule has 20 heavy (non-hydrogen) atoms. The van der Waals surface area contributed by atoms with Crippen LogP contribution in [0.15, 0.2) is 45.6 Å². The number of amides is 2. The van der Waals surface area contributed by atoms with Gasteiger partial charge in [-0.15, -0.1) is 0 Å². The smallest absolute Gasteiger partial charge is 0.302 e. The maximum atomic E-state index is 11.7. The van der Waals surface area contributed by atoms with Gasteiger partial charge in [-0.2, -0.15) is 0 Å². The second-order valence-corrected chi connectivity index (χ2v) is 5.46. The van der Waals surface area contributed by atoms with Crippen LogP contribution in [0.5, 0.6) is 0 Å². The number of nitrogens with one attached hydrogen (secondary N) is 2. The molecule has 2 aromatic heterocycles. The van der Waals surface area contributed by atoms with Gasteiger partial charge in [0.2, 0.25) is 0 Å². The molecule has 0 aliphatic carbocycles. The minimum absolute atomic E-state index is 0.289. The first-order valence-electron chi connectivity index (χ1n) is 5.40. The molecule has 0 saturated carbocycles. The SMILES string of the molecule is O=C(Nc1ccc(Br)cn1)C(=O)Nc1ccc(Br)cn1. The molecular formula is C12H8Br2N4O2. The Morgan fingerprint density at radius 1 is 0.800 bits per heavy atom. The largest absolute Gasteiger partial charge is 0.315 e. The molecule has 102 valence electrons. The lowest BCUT2D eigenvalue weighted by Crippen LogP contribution is -2.29. The minimum atomic E-state index is -0.815. The van der Waals surface area contributed by atoms with Crippen LogP contribution < -0.4 is 10.6 Å². The van der Waals surface area contributed by atoms with Gasteiger partial charge in [-0.3, -0.25) is 9.59 Å². The summed E-state index contributed by atoms with van der Waals surface area (Å²) in [5, 5.41) is 4.76. The number of nitrogens with zero attached hydrogens (tertiary/aromatic N) is 2. The number of pyridine rings is 2. The van der Waals surface area contributed by atoms with E-state index < -0.39 is 11.8 Å². The van der Waals surface area contributed by atoms with Crippen LogP contribution in [0.2, 0.25) is 0 Å². The van der Waals surface area contributed by atoms with Crippen molar-refractivity contribution in [1.82, 2.24) is 9.97 Å². The van der Waals surface area contributed by atoms with Crippen molar-refractivity contribution >= 4 is 55.3 Å². The summed E-state index contributed by atoms with van der Waals surface area (Å²) in [5.41, 5.74) is 0. The topological polar surface area (TPSA) is 84.0 Å². The average Bonchev–Trinajstić information content (AvgIpc) is 2.44. The number of carbonyl (C=O) groups excluding carboxylic acids is 2. The summed E-state index contributed by atoms with van der Waals surface area (Å²) in [4.78, 5) is 31.2. The van der Waals surface area contributed by atoms with Gasteiger partial charge in [0.1, 0.15) is 11.6 Å². The summed E-state index contributed by atoms with van der Waals surface area (Å²) in [6.45, 7) is 0. The van der Waals surface area contributed by atoms with Gasteiger partial charge in [-0.1, -0.05) is 0 Å². The molecule has 0 fully saturated rings. The fraction of sp³-hybridized carbons (Fsp3) is 0. The van der Waals surface area contributed by atoms with E-state index in [4.69, 9.17) is 0 Å². The lowest BCUT2D eigenvalue weighted by molar-refractivity contribution is -0.133. The Hall–Kier alpha value is -1.80. The van der Waals surface area contributed by atoms with Crippen LogP contribution in [0.4, 0.5) is 11.6 Å². The molecule has 0 radical (unpaired) electrons. The molecule has 0 aliphatic rings. The number of aromatic nitrogens is 2. The first kappa shape index (κ1) is 14.6. The van der Waals surface area contributed by atoms with E-state index in [0.717, 1.165) is 8.95 Å². The Kier molecular flexibility index (Phi) is 4.80. The summed E-state index contributed by atoms with van der Waals surface area (Å²) in [6, 6.07) is 6.56. The van der Waals surface area contributed by atoms with Crippen LogP contribution in [0.3, 0.4) is 0 Å². The lowest BCUT2D eigenvalue weighted by Gasteiger charge is -2.05. The third-order valence-corrected chi connectivity index (χ3v) is 3.08. The molecule has 2 rings (SSSR count). The van der Waals surface area contributed by atoms with E-state index in [1.54, 1.807) is 24.3 Å². The first-order chi connectivity index (χ1) is 9.54. The van der Waals surface area contributed by atoms with E-state index in [0.29, 0.717) is 0 Å². The Balaban J connectivity index is 1.96. The van der Waals surface area contributed by atoms with Gasteiger partial charge in [0, 0.05) is 21.3 Å². The van der Waals surface area contributed by atoms with Crippen LogP contribution in [0.25, 0.3) is 0 Å². The van der Waals surface area contributed by atoms with Crippen LogP contribution in [-0.4, -0.2) is 21.8 Å². The standard InChI is InChI=1S/C12H8Br2N4O2/c13-7-1-3-9(15-5-7)17-11(19)12(20)18-10-4-2-8(14)6-16-10/h1-6H,(H,15,17,19)(H,16,18,20). The second kappa shape index (κ2) is 6.58. The van der Waals surface area contributed by atoms with Crippen molar-refractivity contribution < 1.29 is 9.59 Å². The zero-order valence-electron chi connectivity index (χ0n) is 9.93. The van der Waals surface area contributed by atoms with Crippen LogP contribution in [0.1, 0.15) is 0 Å². The second-order valence-electron chi connectivity index (χ2n) is 3.63. The Labute approximate surface area is 131 Å². The number of hydrogen-bond acceptors (Lipinski definition) is 4. The zero-order chi connectivity index (χ0) is 14.5. The van der Waals surface area contributed by atoms with Gasteiger partial charge in [-0.05, 0) is 56.1 Å². The Bertz CT molecular complexity index is 571. The van der Waals surface area contributed by atoms with Crippen molar-refractivity contribution in [1.29, 1.82) is 0 Å². The summed E-state index contributed by atoms with van der Waals surface area (Å²) >= 11 is 6.45. The predicted octanol–water partition coefficient (Wildman–Crippen LogP) is 2.58. The van der Waals surface area contributed by atoms with E-state index >= 15 is 0 Å². The minimum Gasteiger partial charge on any atom is -0.302 e.